The summed E-state index contributed by atoms with van der Waals surface area (Å²) in [5.74, 6) is -0.696. The Morgan fingerprint density at radius 3 is 2.62 bits per heavy atom. The second kappa shape index (κ2) is 10.9. The topological polar surface area (TPSA) is 125 Å². The van der Waals surface area contributed by atoms with Crippen LogP contribution in [0.5, 0.6) is 5.75 Å². The summed E-state index contributed by atoms with van der Waals surface area (Å²) in [6, 6.07) is 3.90. The van der Waals surface area contributed by atoms with Crippen molar-refractivity contribution in [2.24, 2.45) is 5.41 Å². The molecule has 10 nitrogen and oxygen atoms in total. The van der Waals surface area contributed by atoms with Crippen molar-refractivity contribution in [1.82, 2.24) is 20.5 Å². The second-order valence-electron chi connectivity index (χ2n) is 11.3. The van der Waals surface area contributed by atoms with Gasteiger partial charge in [-0.25, -0.2) is 11.6 Å². The molecule has 11 heteroatoms. The number of benzene rings is 1. The van der Waals surface area contributed by atoms with Gasteiger partial charge in [-0.05, 0) is 24.0 Å². The largest absolute Gasteiger partial charge is 0.496 e. The molecule has 2 aliphatic rings. The molecule has 3 atom stereocenters. The first-order valence-electron chi connectivity index (χ1n) is 12.9. The SMILES string of the molecule is [C-]#[N+]C1(C(=O)N[C@H](C(=O)N2C[C@H](O)C[C@H]2C(=O)NCc2ccc(-c3scnc3C)cc2OC)C(C)(C)C)CC1. The molecule has 2 aromatic rings. The number of aryl methyl sites for hydroxylation is 1. The lowest BCUT2D eigenvalue weighted by atomic mass is 9.85. The minimum atomic E-state index is -1.10. The zero-order valence-corrected chi connectivity index (χ0v) is 23.7. The van der Waals surface area contributed by atoms with Crippen molar-refractivity contribution in [3.05, 3.63) is 46.4 Å². The number of carbonyl (C=O) groups excluding carboxylic acids is 3. The number of aromatic nitrogens is 1. The molecular formula is C28H35N5O5S. The number of nitrogens with zero attached hydrogens (tertiary/aromatic N) is 3. The van der Waals surface area contributed by atoms with Gasteiger partial charge in [0.1, 0.15) is 17.8 Å². The quantitative estimate of drug-likeness (QED) is 0.432. The predicted molar refractivity (Wildman–Crippen MR) is 147 cm³/mol. The van der Waals surface area contributed by atoms with Crippen molar-refractivity contribution in [3.8, 4) is 16.2 Å². The van der Waals surface area contributed by atoms with Crippen molar-refractivity contribution >= 4 is 29.1 Å². The Labute approximate surface area is 232 Å². The first-order chi connectivity index (χ1) is 18.4. The number of thiazole rings is 1. The van der Waals surface area contributed by atoms with E-state index < -0.39 is 46.9 Å². The summed E-state index contributed by atoms with van der Waals surface area (Å²) in [5, 5.41) is 16.1. The van der Waals surface area contributed by atoms with Crippen molar-refractivity contribution in [2.45, 2.75) is 77.2 Å². The monoisotopic (exact) mass is 553 g/mol. The molecular weight excluding hydrogens is 518 g/mol. The fourth-order valence-corrected chi connectivity index (χ4v) is 5.61. The van der Waals surface area contributed by atoms with E-state index in [1.54, 1.807) is 24.0 Å². The number of ether oxygens (including phenoxy) is 1. The van der Waals surface area contributed by atoms with Gasteiger partial charge in [0, 0.05) is 37.9 Å². The van der Waals surface area contributed by atoms with Crippen LogP contribution in [0.3, 0.4) is 0 Å². The number of rotatable bonds is 8. The Bertz CT molecular complexity index is 1310. The lowest BCUT2D eigenvalue weighted by Gasteiger charge is -2.35. The molecule has 1 aliphatic carbocycles. The Balaban J connectivity index is 1.47. The van der Waals surface area contributed by atoms with Crippen molar-refractivity contribution in [2.75, 3.05) is 13.7 Å². The molecule has 1 saturated heterocycles. The highest BCUT2D eigenvalue weighted by Gasteiger charge is 2.59. The number of β-amino-alcohol motifs (C(OH)–C–C–N with tert-alkyl or cyclic N) is 1. The molecule has 39 heavy (non-hydrogen) atoms. The molecule has 3 N–H and O–H groups in total. The van der Waals surface area contributed by atoms with Gasteiger partial charge in [0.25, 0.3) is 0 Å². The number of nitrogens with one attached hydrogen (secondary N) is 2. The summed E-state index contributed by atoms with van der Waals surface area (Å²) in [4.78, 5) is 50.0. The molecule has 3 amide bonds. The van der Waals surface area contributed by atoms with E-state index >= 15 is 0 Å². The number of carbonyl (C=O) groups is 3. The third-order valence-electron chi connectivity index (χ3n) is 7.36. The number of amides is 3. The fraction of sp³-hybridized carbons (Fsp3) is 0.536. The first-order valence-corrected chi connectivity index (χ1v) is 13.8. The zero-order valence-electron chi connectivity index (χ0n) is 22.9. The summed E-state index contributed by atoms with van der Waals surface area (Å²) >= 11 is 1.54. The van der Waals surface area contributed by atoms with Crippen LogP contribution in [-0.4, -0.2) is 70.1 Å². The van der Waals surface area contributed by atoms with Crippen molar-refractivity contribution in [3.63, 3.8) is 0 Å². The minimum Gasteiger partial charge on any atom is -0.496 e. The van der Waals surface area contributed by atoms with Gasteiger partial charge in [0.05, 0.1) is 29.3 Å². The average molecular weight is 554 g/mol. The van der Waals surface area contributed by atoms with Gasteiger partial charge in [-0.15, -0.1) is 11.3 Å². The van der Waals surface area contributed by atoms with Gasteiger partial charge in [0.15, 0.2) is 0 Å². The average Bonchev–Trinajstić information content (AvgIpc) is 3.44. The van der Waals surface area contributed by atoms with Crippen LogP contribution in [0.15, 0.2) is 23.7 Å². The van der Waals surface area contributed by atoms with Gasteiger partial charge in [-0.1, -0.05) is 32.9 Å². The molecule has 2 fully saturated rings. The lowest BCUT2D eigenvalue weighted by Crippen LogP contribution is -2.59. The number of aliphatic hydroxyl groups is 1. The summed E-state index contributed by atoms with van der Waals surface area (Å²) in [7, 11) is 1.57. The maximum atomic E-state index is 13.7. The van der Waals surface area contributed by atoms with Gasteiger partial charge >= 0.3 is 11.4 Å². The van der Waals surface area contributed by atoms with Crippen LogP contribution >= 0.6 is 11.3 Å². The zero-order chi connectivity index (χ0) is 28.5. The standard InChI is InChI=1S/C28H35N5O5S/c1-16-22(39-15-31-16)17-7-8-18(21(11-17)38-6)13-30-24(35)20-12-19(34)14-33(20)25(36)23(27(2,3)4)32-26(37)28(29-5)9-10-28/h7-8,11,15,19-20,23,34H,9-10,12-14H2,1-4,6H3,(H,30,35)(H,32,37)/t19-,20+,23-/m1/s1. The highest BCUT2D eigenvalue weighted by Crippen LogP contribution is 2.40. The van der Waals surface area contributed by atoms with E-state index in [2.05, 4.69) is 20.5 Å². The van der Waals surface area contributed by atoms with Crippen LogP contribution in [-0.2, 0) is 20.9 Å². The van der Waals surface area contributed by atoms with Crippen LogP contribution in [0.2, 0.25) is 0 Å². The number of aliphatic hydroxyl groups excluding tert-OH is 1. The van der Waals surface area contributed by atoms with E-state index in [-0.39, 0.29) is 19.5 Å². The molecule has 0 bridgehead atoms. The normalized spacial score (nSPS) is 20.6. The molecule has 0 unspecified atom stereocenters. The third kappa shape index (κ3) is 5.92. The number of hydrogen-bond donors (Lipinski definition) is 3. The van der Waals surface area contributed by atoms with Crippen LogP contribution in [0, 0.1) is 18.9 Å². The number of likely N-dealkylation sites (tertiary alicyclic amines) is 1. The van der Waals surface area contributed by atoms with E-state index in [1.807, 2.05) is 45.9 Å². The molecule has 1 saturated carbocycles. The van der Waals surface area contributed by atoms with Crippen molar-refractivity contribution in [1.29, 1.82) is 0 Å². The predicted octanol–water partition coefficient (Wildman–Crippen LogP) is 2.69. The first kappa shape index (κ1) is 28.5. The van der Waals surface area contributed by atoms with E-state index in [9.17, 15) is 19.5 Å². The van der Waals surface area contributed by atoms with Gasteiger partial charge in [-0.2, -0.15) is 0 Å². The molecule has 208 valence electrons. The number of hydrogen-bond acceptors (Lipinski definition) is 7. The summed E-state index contributed by atoms with van der Waals surface area (Å²) in [6.07, 6.45) is 0.162. The van der Waals surface area contributed by atoms with E-state index in [4.69, 9.17) is 11.3 Å². The van der Waals surface area contributed by atoms with Gasteiger partial charge < -0.3 is 25.4 Å². The molecule has 2 heterocycles. The molecule has 0 spiro atoms. The second-order valence-corrected chi connectivity index (χ2v) is 12.2. The third-order valence-corrected chi connectivity index (χ3v) is 8.34. The highest BCUT2D eigenvalue weighted by molar-refractivity contribution is 7.13. The van der Waals surface area contributed by atoms with E-state index in [0.29, 0.717) is 18.6 Å². The summed E-state index contributed by atoms with van der Waals surface area (Å²) < 4.78 is 5.57. The van der Waals surface area contributed by atoms with E-state index in [0.717, 1.165) is 21.7 Å². The molecule has 1 aliphatic heterocycles. The minimum absolute atomic E-state index is 0.0143. The molecule has 4 rings (SSSR count). The lowest BCUT2D eigenvalue weighted by molar-refractivity contribution is -0.144. The molecule has 1 aromatic heterocycles. The Hall–Kier alpha value is -3.49. The summed E-state index contributed by atoms with van der Waals surface area (Å²) in [5.41, 5.74) is 2.68. The van der Waals surface area contributed by atoms with Crippen molar-refractivity contribution < 1.29 is 24.2 Å². The van der Waals surface area contributed by atoms with Crippen LogP contribution < -0.4 is 15.4 Å². The summed E-state index contributed by atoms with van der Waals surface area (Å²) in [6.45, 7) is 14.9. The smallest absolute Gasteiger partial charge is 0.309 e. The molecule has 1 aromatic carbocycles. The molecule has 0 radical (unpaired) electrons. The van der Waals surface area contributed by atoms with Gasteiger partial charge in [-0.3, -0.25) is 19.2 Å². The maximum Gasteiger partial charge on any atom is 0.309 e. The van der Waals surface area contributed by atoms with E-state index in [1.165, 1.54) is 4.90 Å². The van der Waals surface area contributed by atoms with Crippen LogP contribution in [0.4, 0.5) is 0 Å². The fourth-order valence-electron chi connectivity index (χ4n) is 4.80. The van der Waals surface area contributed by atoms with Crippen LogP contribution in [0.25, 0.3) is 15.3 Å². The Kier molecular flexibility index (Phi) is 8.00. The van der Waals surface area contributed by atoms with Gasteiger partial charge in [0.2, 0.25) is 11.8 Å². The number of methoxy groups -OCH3 is 1. The highest BCUT2D eigenvalue weighted by atomic mass is 32.1. The Morgan fingerprint density at radius 2 is 2.05 bits per heavy atom. The van der Waals surface area contributed by atoms with Crippen LogP contribution in [0.1, 0.15) is 51.3 Å². The maximum absolute atomic E-state index is 13.7. The Morgan fingerprint density at radius 1 is 1.33 bits per heavy atom.